The average Bonchev–Trinajstić information content (AvgIpc) is 3.16. The second-order valence-corrected chi connectivity index (χ2v) is 11.4. The third-order valence-corrected chi connectivity index (χ3v) is 7.67. The number of rotatable bonds is 7. The van der Waals surface area contributed by atoms with Gasteiger partial charge in [-0.3, -0.25) is 4.79 Å². The van der Waals surface area contributed by atoms with Gasteiger partial charge >= 0.3 is 0 Å². The van der Waals surface area contributed by atoms with Crippen molar-refractivity contribution in [3.05, 3.63) is 58.2 Å². The first kappa shape index (κ1) is 25.3. The van der Waals surface area contributed by atoms with E-state index < -0.39 is 0 Å². The molecule has 0 N–H and O–H groups in total. The minimum Gasteiger partial charge on any atom is -0.477 e. The molecular weight excluding hydrogens is 469 g/mol. The van der Waals surface area contributed by atoms with E-state index in [4.69, 9.17) is 27.9 Å². The lowest BCUT2D eigenvalue weighted by atomic mass is 9.77. The van der Waals surface area contributed by atoms with Crippen molar-refractivity contribution >= 4 is 29.1 Å². The lowest BCUT2D eigenvalue weighted by Crippen LogP contribution is -2.43. The number of hydrogen-bond acceptors (Lipinski definition) is 4. The van der Waals surface area contributed by atoms with Gasteiger partial charge in [-0.2, -0.15) is 0 Å². The Labute approximate surface area is 213 Å². The predicted molar refractivity (Wildman–Crippen MR) is 138 cm³/mol. The summed E-state index contributed by atoms with van der Waals surface area (Å²) in [4.78, 5) is 22.4. The molecule has 7 heteroatoms. The molecular formula is C27H35Cl2N3O2. The Hall–Kier alpha value is -1.82. The summed E-state index contributed by atoms with van der Waals surface area (Å²) in [7, 11) is 0. The molecule has 0 radical (unpaired) electrons. The highest BCUT2D eigenvalue weighted by Gasteiger charge is 2.47. The monoisotopic (exact) mass is 503 g/mol. The van der Waals surface area contributed by atoms with E-state index in [0.29, 0.717) is 41.5 Å². The van der Waals surface area contributed by atoms with E-state index in [1.54, 1.807) is 18.3 Å². The summed E-state index contributed by atoms with van der Waals surface area (Å²) >= 11 is 12.1. The molecule has 34 heavy (non-hydrogen) atoms. The molecule has 2 aliphatic heterocycles. The Morgan fingerprint density at radius 1 is 1.12 bits per heavy atom. The number of carbonyl (C=O) groups excluding carboxylic acids is 1. The van der Waals surface area contributed by atoms with Crippen LogP contribution in [0.4, 0.5) is 0 Å². The van der Waals surface area contributed by atoms with Gasteiger partial charge in [0.25, 0.3) is 0 Å². The second kappa shape index (κ2) is 10.8. The predicted octanol–water partition coefficient (Wildman–Crippen LogP) is 5.77. The second-order valence-electron chi connectivity index (χ2n) is 10.5. The third-order valence-electron chi connectivity index (χ3n) is 7.19. The van der Waals surface area contributed by atoms with E-state index in [-0.39, 0.29) is 23.2 Å². The van der Waals surface area contributed by atoms with Gasteiger partial charge in [-0.25, -0.2) is 4.98 Å². The van der Waals surface area contributed by atoms with Gasteiger partial charge in [-0.05, 0) is 55.6 Å². The minimum atomic E-state index is -0.247. The molecule has 2 saturated heterocycles. The van der Waals surface area contributed by atoms with Crippen molar-refractivity contribution in [2.45, 2.75) is 39.5 Å². The van der Waals surface area contributed by atoms with Gasteiger partial charge in [-0.1, -0.05) is 56.1 Å². The van der Waals surface area contributed by atoms with E-state index >= 15 is 0 Å². The van der Waals surface area contributed by atoms with Crippen molar-refractivity contribution in [1.29, 1.82) is 0 Å². The Kier molecular flexibility index (Phi) is 8.06. The first-order valence-corrected chi connectivity index (χ1v) is 13.0. The molecule has 2 fully saturated rings. The normalized spacial score (nSPS) is 24.1. The van der Waals surface area contributed by atoms with Crippen LogP contribution in [0.25, 0.3) is 0 Å². The fraction of sp³-hybridized carbons (Fsp3) is 0.556. The fourth-order valence-corrected chi connectivity index (χ4v) is 5.63. The molecule has 1 aromatic heterocycles. The highest BCUT2D eigenvalue weighted by Crippen LogP contribution is 2.44. The van der Waals surface area contributed by atoms with Crippen molar-refractivity contribution in [1.82, 2.24) is 14.8 Å². The topological polar surface area (TPSA) is 45.7 Å². The van der Waals surface area contributed by atoms with Crippen LogP contribution in [0.5, 0.6) is 5.88 Å². The van der Waals surface area contributed by atoms with Crippen LogP contribution < -0.4 is 4.74 Å². The van der Waals surface area contributed by atoms with Crippen LogP contribution in [0.2, 0.25) is 10.0 Å². The molecule has 1 aromatic carbocycles. The molecule has 2 aromatic rings. The third kappa shape index (κ3) is 6.05. The average molecular weight is 505 g/mol. The quantitative estimate of drug-likeness (QED) is 0.481. The lowest BCUT2D eigenvalue weighted by Gasteiger charge is -2.34. The largest absolute Gasteiger partial charge is 0.477 e. The molecule has 0 aliphatic carbocycles. The Bertz CT molecular complexity index is 959. The SMILES string of the molecule is CC(C)CN1CCC(C(=O)N2C[C@H](c3ccc(Cl)cc3)[C@@](C)(COc3ccc(Cl)cn3)C2)CC1. The van der Waals surface area contributed by atoms with Crippen LogP contribution in [0.15, 0.2) is 42.6 Å². The number of halogens is 2. The summed E-state index contributed by atoms with van der Waals surface area (Å²) < 4.78 is 6.11. The van der Waals surface area contributed by atoms with E-state index in [2.05, 4.69) is 47.7 Å². The number of amides is 1. The maximum atomic E-state index is 13.6. The number of nitrogens with zero attached hydrogens (tertiary/aromatic N) is 3. The van der Waals surface area contributed by atoms with Gasteiger partial charge in [-0.15, -0.1) is 0 Å². The van der Waals surface area contributed by atoms with E-state index in [9.17, 15) is 4.79 Å². The van der Waals surface area contributed by atoms with Gasteiger partial charge < -0.3 is 14.5 Å². The molecule has 2 aliphatic rings. The fourth-order valence-electron chi connectivity index (χ4n) is 5.39. The van der Waals surface area contributed by atoms with Crippen molar-refractivity contribution in [3.8, 4) is 5.88 Å². The molecule has 184 valence electrons. The molecule has 4 rings (SSSR count). The first-order valence-electron chi connectivity index (χ1n) is 12.2. The van der Waals surface area contributed by atoms with Gasteiger partial charge in [0.05, 0.1) is 11.6 Å². The van der Waals surface area contributed by atoms with Crippen molar-refractivity contribution in [3.63, 3.8) is 0 Å². The Morgan fingerprint density at radius 2 is 1.79 bits per heavy atom. The summed E-state index contributed by atoms with van der Waals surface area (Å²) in [6.45, 7) is 11.7. The summed E-state index contributed by atoms with van der Waals surface area (Å²) in [5, 5.41) is 1.29. The van der Waals surface area contributed by atoms with Gasteiger partial charge in [0.2, 0.25) is 11.8 Å². The number of ether oxygens (including phenoxy) is 1. The zero-order valence-corrected chi connectivity index (χ0v) is 21.9. The number of aromatic nitrogens is 1. The first-order chi connectivity index (χ1) is 16.2. The summed E-state index contributed by atoms with van der Waals surface area (Å²) in [6.07, 6.45) is 3.47. The molecule has 1 amide bonds. The molecule has 0 saturated carbocycles. The summed E-state index contributed by atoms with van der Waals surface area (Å²) in [6, 6.07) is 11.6. The highest BCUT2D eigenvalue weighted by atomic mass is 35.5. The molecule has 5 nitrogen and oxygen atoms in total. The maximum absolute atomic E-state index is 13.6. The smallest absolute Gasteiger partial charge is 0.225 e. The molecule has 2 atom stereocenters. The molecule has 0 unspecified atom stereocenters. The van der Waals surface area contributed by atoms with Crippen molar-refractivity contribution in [2.24, 2.45) is 17.3 Å². The van der Waals surface area contributed by atoms with E-state index in [1.807, 2.05) is 12.1 Å². The van der Waals surface area contributed by atoms with Crippen LogP contribution in [0.3, 0.4) is 0 Å². The summed E-state index contributed by atoms with van der Waals surface area (Å²) in [5.41, 5.74) is 0.935. The van der Waals surface area contributed by atoms with Gasteiger partial charge in [0, 0.05) is 54.2 Å². The standard InChI is InChI=1S/C27H35Cl2N3O2/c1-19(2)15-31-12-10-21(11-13-31)26(33)32-16-24(20-4-6-22(28)7-5-20)27(3,17-32)18-34-25-9-8-23(29)14-30-25/h4-9,14,19,21,24H,10-13,15-18H2,1-3H3/t24-,27-/m1/s1. The van der Waals surface area contributed by atoms with E-state index in [1.165, 1.54) is 5.56 Å². The minimum absolute atomic E-state index is 0.107. The number of benzene rings is 1. The van der Waals surface area contributed by atoms with Crippen LogP contribution in [-0.4, -0.2) is 60.0 Å². The number of pyridine rings is 1. The van der Waals surface area contributed by atoms with Gasteiger partial charge in [0.15, 0.2) is 0 Å². The highest BCUT2D eigenvalue weighted by molar-refractivity contribution is 6.30. The number of piperidine rings is 1. The lowest BCUT2D eigenvalue weighted by molar-refractivity contribution is -0.136. The summed E-state index contributed by atoms with van der Waals surface area (Å²) in [5.74, 6) is 1.75. The van der Waals surface area contributed by atoms with Crippen molar-refractivity contribution in [2.75, 3.05) is 39.3 Å². The maximum Gasteiger partial charge on any atom is 0.225 e. The van der Waals surface area contributed by atoms with E-state index in [0.717, 1.165) is 32.5 Å². The number of hydrogen-bond donors (Lipinski definition) is 0. The van der Waals surface area contributed by atoms with Gasteiger partial charge in [0.1, 0.15) is 0 Å². The van der Waals surface area contributed by atoms with Crippen LogP contribution in [-0.2, 0) is 4.79 Å². The number of carbonyl (C=O) groups is 1. The number of likely N-dealkylation sites (tertiary alicyclic amines) is 2. The molecule has 0 spiro atoms. The van der Waals surface area contributed by atoms with Crippen LogP contribution in [0.1, 0.15) is 45.1 Å². The van der Waals surface area contributed by atoms with Crippen molar-refractivity contribution < 1.29 is 9.53 Å². The Balaban J connectivity index is 1.47. The van der Waals surface area contributed by atoms with Crippen LogP contribution >= 0.6 is 23.2 Å². The molecule has 0 bridgehead atoms. The van der Waals surface area contributed by atoms with Crippen LogP contribution in [0, 0.1) is 17.3 Å². The zero-order valence-electron chi connectivity index (χ0n) is 20.3. The Morgan fingerprint density at radius 3 is 2.41 bits per heavy atom. The zero-order chi connectivity index (χ0) is 24.3. The molecule has 3 heterocycles.